The fraction of sp³-hybridized carbons (Fsp3) is 0.261. The van der Waals surface area contributed by atoms with Gasteiger partial charge in [0.1, 0.15) is 23.9 Å². The number of fused-ring (bicyclic) bond motifs is 1. The van der Waals surface area contributed by atoms with Crippen molar-refractivity contribution in [3.05, 3.63) is 87.2 Å². The number of ether oxygens (including phenoxy) is 1. The standard InChI is InChI=1S/C23H22F2N4O6/c1-34-7-5-27-13-28(10-14-4-6-35-12-14)29-11-17(20(30)21(31)19(29)23(27)33)22(32)26-9-15-2-3-16(24)8-18(15)25/h2-4,6,8,11-12,31H,5,7,9-10,13H2,1H3,(H,26,32). The molecular weight excluding hydrogens is 466 g/mol. The summed E-state index contributed by atoms with van der Waals surface area (Å²) in [4.78, 5) is 40.0. The molecule has 2 aromatic heterocycles. The Hall–Kier alpha value is -4.19. The Labute approximate surface area is 197 Å². The van der Waals surface area contributed by atoms with Gasteiger partial charge in [0.2, 0.25) is 5.43 Å². The second-order valence-electron chi connectivity index (χ2n) is 7.83. The van der Waals surface area contributed by atoms with Crippen LogP contribution in [0, 0.1) is 11.6 Å². The average molecular weight is 488 g/mol. The van der Waals surface area contributed by atoms with E-state index in [2.05, 4.69) is 5.32 Å². The smallest absolute Gasteiger partial charge is 0.277 e. The highest BCUT2D eigenvalue weighted by molar-refractivity contribution is 5.99. The maximum atomic E-state index is 13.9. The molecule has 0 fully saturated rings. The number of benzene rings is 1. The normalized spacial score (nSPS) is 13.2. The first-order valence-corrected chi connectivity index (χ1v) is 10.6. The van der Waals surface area contributed by atoms with Crippen molar-refractivity contribution in [2.75, 3.05) is 31.9 Å². The van der Waals surface area contributed by atoms with E-state index in [9.17, 15) is 28.3 Å². The minimum atomic E-state index is -1.06. The van der Waals surface area contributed by atoms with Crippen molar-refractivity contribution < 1.29 is 32.6 Å². The summed E-state index contributed by atoms with van der Waals surface area (Å²) in [6, 6.07) is 4.60. The molecule has 0 radical (unpaired) electrons. The van der Waals surface area contributed by atoms with Gasteiger partial charge < -0.3 is 24.5 Å². The molecular formula is C23H22F2N4O6. The van der Waals surface area contributed by atoms with Crippen LogP contribution < -0.4 is 15.8 Å². The number of halogens is 2. The number of aromatic nitrogens is 1. The van der Waals surface area contributed by atoms with Gasteiger partial charge in [0.25, 0.3) is 11.8 Å². The minimum Gasteiger partial charge on any atom is -0.502 e. The fourth-order valence-corrected chi connectivity index (χ4v) is 3.68. The molecule has 4 rings (SSSR count). The molecule has 10 nitrogen and oxygen atoms in total. The number of pyridine rings is 1. The van der Waals surface area contributed by atoms with E-state index < -0.39 is 40.2 Å². The summed E-state index contributed by atoms with van der Waals surface area (Å²) in [6.07, 6.45) is 4.13. The van der Waals surface area contributed by atoms with Crippen molar-refractivity contribution >= 4 is 11.8 Å². The van der Waals surface area contributed by atoms with Gasteiger partial charge >= 0.3 is 0 Å². The second kappa shape index (κ2) is 9.97. The zero-order valence-electron chi connectivity index (χ0n) is 18.7. The Morgan fingerprint density at radius 1 is 1.26 bits per heavy atom. The van der Waals surface area contributed by atoms with E-state index in [0.717, 1.165) is 17.8 Å². The number of nitrogens with one attached hydrogen (secondary N) is 1. The highest BCUT2D eigenvalue weighted by Crippen LogP contribution is 2.22. The minimum absolute atomic E-state index is 0.00702. The number of nitrogens with zero attached hydrogens (tertiary/aromatic N) is 3. The molecule has 35 heavy (non-hydrogen) atoms. The van der Waals surface area contributed by atoms with Gasteiger partial charge in [0.15, 0.2) is 11.4 Å². The molecule has 1 aliphatic rings. The second-order valence-corrected chi connectivity index (χ2v) is 7.83. The van der Waals surface area contributed by atoms with Crippen molar-refractivity contribution in [2.45, 2.75) is 13.1 Å². The molecule has 3 heterocycles. The Morgan fingerprint density at radius 2 is 2.06 bits per heavy atom. The van der Waals surface area contributed by atoms with Crippen molar-refractivity contribution in [1.82, 2.24) is 14.9 Å². The third kappa shape index (κ3) is 4.87. The van der Waals surface area contributed by atoms with E-state index in [1.54, 1.807) is 11.1 Å². The van der Waals surface area contributed by atoms with Crippen molar-refractivity contribution in [3.8, 4) is 5.75 Å². The van der Waals surface area contributed by atoms with Gasteiger partial charge in [0, 0.05) is 43.6 Å². The Morgan fingerprint density at radius 3 is 2.74 bits per heavy atom. The van der Waals surface area contributed by atoms with Gasteiger partial charge in [-0.15, -0.1) is 0 Å². The molecule has 1 aromatic carbocycles. The van der Waals surface area contributed by atoms with Crippen LogP contribution in [-0.2, 0) is 17.8 Å². The molecule has 0 unspecified atom stereocenters. The lowest BCUT2D eigenvalue weighted by molar-refractivity contribution is 0.0619. The number of hydrogen-bond acceptors (Lipinski definition) is 7. The summed E-state index contributed by atoms with van der Waals surface area (Å²) in [5, 5.41) is 14.7. The number of furan rings is 1. The average Bonchev–Trinajstić information content (AvgIpc) is 3.34. The van der Waals surface area contributed by atoms with Crippen LogP contribution in [0.15, 0.2) is 52.2 Å². The van der Waals surface area contributed by atoms with Crippen LogP contribution in [0.3, 0.4) is 0 Å². The SMILES string of the molecule is COCCN1CN(Cc2ccoc2)n2cc(C(=O)NCc3ccc(F)cc3F)c(=O)c(O)c2C1=O. The molecule has 0 bridgehead atoms. The molecule has 0 atom stereocenters. The maximum absolute atomic E-state index is 13.9. The van der Waals surface area contributed by atoms with Crippen LogP contribution in [0.2, 0.25) is 0 Å². The van der Waals surface area contributed by atoms with Crippen LogP contribution in [0.4, 0.5) is 8.78 Å². The highest BCUT2D eigenvalue weighted by atomic mass is 19.1. The van der Waals surface area contributed by atoms with Gasteiger partial charge in [-0.1, -0.05) is 6.07 Å². The zero-order chi connectivity index (χ0) is 25.1. The first-order valence-electron chi connectivity index (χ1n) is 10.6. The summed E-state index contributed by atoms with van der Waals surface area (Å²) in [6.45, 7) is 0.414. The molecule has 2 N–H and O–H groups in total. The Kier molecular flexibility index (Phi) is 6.82. The lowest BCUT2D eigenvalue weighted by Gasteiger charge is -2.39. The van der Waals surface area contributed by atoms with Crippen molar-refractivity contribution in [3.63, 3.8) is 0 Å². The monoisotopic (exact) mass is 488 g/mol. The first-order chi connectivity index (χ1) is 16.8. The molecule has 0 spiro atoms. The third-order valence-corrected chi connectivity index (χ3v) is 5.50. The number of methoxy groups -OCH3 is 1. The van der Waals surface area contributed by atoms with E-state index in [4.69, 9.17) is 9.15 Å². The summed E-state index contributed by atoms with van der Waals surface area (Å²) < 4.78 is 38.4. The number of amides is 2. The molecule has 12 heteroatoms. The van der Waals surface area contributed by atoms with E-state index in [1.165, 1.54) is 35.3 Å². The van der Waals surface area contributed by atoms with Gasteiger partial charge in [-0.3, -0.25) is 24.1 Å². The van der Waals surface area contributed by atoms with Gasteiger partial charge in [-0.25, -0.2) is 8.78 Å². The lowest BCUT2D eigenvalue weighted by atomic mass is 10.1. The predicted molar refractivity (Wildman–Crippen MR) is 118 cm³/mol. The summed E-state index contributed by atoms with van der Waals surface area (Å²) >= 11 is 0. The molecule has 0 saturated carbocycles. The van der Waals surface area contributed by atoms with E-state index in [-0.39, 0.29) is 44.2 Å². The van der Waals surface area contributed by atoms with E-state index in [1.807, 2.05) is 0 Å². The molecule has 0 saturated heterocycles. The zero-order valence-corrected chi connectivity index (χ0v) is 18.7. The largest absolute Gasteiger partial charge is 0.502 e. The fourth-order valence-electron chi connectivity index (χ4n) is 3.68. The van der Waals surface area contributed by atoms with Crippen LogP contribution in [-0.4, -0.2) is 53.4 Å². The summed E-state index contributed by atoms with van der Waals surface area (Å²) in [5.41, 5.74) is -1.06. The van der Waals surface area contributed by atoms with Crippen molar-refractivity contribution in [2.24, 2.45) is 0 Å². The van der Waals surface area contributed by atoms with Crippen LogP contribution in [0.1, 0.15) is 32.0 Å². The number of carbonyl (C=O) groups is 2. The molecule has 184 valence electrons. The first kappa shape index (κ1) is 24.0. The lowest BCUT2D eigenvalue weighted by Crippen LogP contribution is -2.54. The van der Waals surface area contributed by atoms with Gasteiger partial charge in [0.05, 0.1) is 25.7 Å². The Bertz CT molecular complexity index is 1310. The van der Waals surface area contributed by atoms with Gasteiger partial charge in [-0.2, -0.15) is 0 Å². The number of carbonyl (C=O) groups excluding carboxylic acids is 2. The van der Waals surface area contributed by atoms with Crippen molar-refractivity contribution in [1.29, 1.82) is 0 Å². The Balaban J connectivity index is 1.68. The molecule has 0 aliphatic carbocycles. The van der Waals surface area contributed by atoms with Crippen LogP contribution in [0.5, 0.6) is 5.75 Å². The predicted octanol–water partition coefficient (Wildman–Crippen LogP) is 1.55. The van der Waals surface area contributed by atoms with E-state index in [0.29, 0.717) is 6.07 Å². The topological polar surface area (TPSA) is 117 Å². The van der Waals surface area contributed by atoms with Crippen LogP contribution >= 0.6 is 0 Å². The molecule has 1 aliphatic heterocycles. The maximum Gasteiger partial charge on any atom is 0.277 e. The van der Waals surface area contributed by atoms with E-state index >= 15 is 0 Å². The number of rotatable bonds is 8. The molecule has 2 amide bonds. The quantitative estimate of drug-likeness (QED) is 0.494. The van der Waals surface area contributed by atoms with Gasteiger partial charge in [-0.05, 0) is 12.1 Å². The molecule has 3 aromatic rings. The number of hydrogen-bond donors (Lipinski definition) is 2. The summed E-state index contributed by atoms with van der Waals surface area (Å²) in [7, 11) is 1.48. The summed E-state index contributed by atoms with van der Waals surface area (Å²) in [5.74, 6) is -4.03. The third-order valence-electron chi connectivity index (χ3n) is 5.50. The highest BCUT2D eigenvalue weighted by Gasteiger charge is 2.34. The number of aromatic hydroxyl groups is 1. The van der Waals surface area contributed by atoms with Crippen LogP contribution in [0.25, 0.3) is 0 Å².